The molecule has 1 fully saturated rings. The second kappa shape index (κ2) is 6.35. The first-order chi connectivity index (χ1) is 7.95. The van der Waals surface area contributed by atoms with Crippen LogP contribution in [0.2, 0.25) is 0 Å². The number of carboxylic acids is 1. The average Bonchev–Trinajstić information content (AvgIpc) is 3.06. The number of sulfonamides is 1. The van der Waals surface area contributed by atoms with Crippen LogP contribution >= 0.6 is 0 Å². The molecule has 1 saturated carbocycles. The zero-order valence-electron chi connectivity index (χ0n) is 10.2. The number of rotatable bonds is 9. The van der Waals surface area contributed by atoms with Crippen molar-refractivity contribution < 1.29 is 18.3 Å². The van der Waals surface area contributed by atoms with Gasteiger partial charge in [-0.3, -0.25) is 4.79 Å². The quantitative estimate of drug-likeness (QED) is 0.657. The predicted molar refractivity (Wildman–Crippen MR) is 65.2 cm³/mol. The summed E-state index contributed by atoms with van der Waals surface area (Å²) in [6.07, 6.45) is 3.93. The van der Waals surface area contributed by atoms with E-state index in [4.69, 9.17) is 5.11 Å². The Morgan fingerprint density at radius 3 is 2.53 bits per heavy atom. The molecule has 0 aromatic rings. The summed E-state index contributed by atoms with van der Waals surface area (Å²) in [6.45, 7) is 2.43. The summed E-state index contributed by atoms with van der Waals surface area (Å²) in [5.74, 6) is -0.505. The third-order valence-electron chi connectivity index (χ3n) is 3.16. The van der Waals surface area contributed by atoms with Gasteiger partial charge in [-0.15, -0.1) is 0 Å². The van der Waals surface area contributed by atoms with Crippen molar-refractivity contribution in [3.05, 3.63) is 0 Å². The Morgan fingerprint density at radius 2 is 2.06 bits per heavy atom. The van der Waals surface area contributed by atoms with Gasteiger partial charge in [0.2, 0.25) is 10.0 Å². The maximum atomic E-state index is 11.5. The fourth-order valence-corrected chi connectivity index (χ4v) is 3.18. The molecule has 17 heavy (non-hydrogen) atoms. The molecule has 0 saturated heterocycles. The third-order valence-corrected chi connectivity index (χ3v) is 5.12. The first kappa shape index (κ1) is 14.4. The Bertz CT molecular complexity index is 348. The van der Waals surface area contributed by atoms with E-state index in [1.165, 1.54) is 0 Å². The molecule has 0 amide bonds. The van der Waals surface area contributed by atoms with Gasteiger partial charge < -0.3 is 5.11 Å². The summed E-state index contributed by atoms with van der Waals surface area (Å²) in [4.78, 5) is 10.4. The molecular weight excluding hydrogens is 242 g/mol. The summed E-state index contributed by atoms with van der Waals surface area (Å²) >= 11 is 0. The summed E-state index contributed by atoms with van der Waals surface area (Å²) in [7, 11) is -3.09. The largest absolute Gasteiger partial charge is 0.481 e. The lowest BCUT2D eigenvalue weighted by Gasteiger charge is -2.13. The highest BCUT2D eigenvalue weighted by atomic mass is 32.2. The number of aliphatic carboxylic acids is 1. The van der Waals surface area contributed by atoms with Crippen LogP contribution in [0.25, 0.3) is 0 Å². The first-order valence-corrected chi connectivity index (χ1v) is 7.70. The monoisotopic (exact) mass is 263 g/mol. The van der Waals surface area contributed by atoms with Gasteiger partial charge in [0, 0.05) is 13.0 Å². The van der Waals surface area contributed by atoms with Crippen molar-refractivity contribution in [2.45, 2.75) is 50.7 Å². The van der Waals surface area contributed by atoms with E-state index in [1.807, 2.05) is 6.92 Å². The minimum absolute atomic E-state index is 0.161. The Kier molecular flexibility index (Phi) is 5.39. The molecule has 1 unspecified atom stereocenters. The second-order valence-corrected chi connectivity index (χ2v) is 6.68. The van der Waals surface area contributed by atoms with E-state index in [9.17, 15) is 13.2 Å². The molecule has 1 aliphatic carbocycles. The molecule has 0 heterocycles. The van der Waals surface area contributed by atoms with Gasteiger partial charge in [0.25, 0.3) is 0 Å². The van der Waals surface area contributed by atoms with Crippen LogP contribution in [0, 0.1) is 5.92 Å². The van der Waals surface area contributed by atoms with Crippen molar-refractivity contribution in [2.75, 3.05) is 6.54 Å². The molecule has 5 nitrogen and oxygen atoms in total. The van der Waals surface area contributed by atoms with Crippen molar-refractivity contribution in [3.8, 4) is 0 Å². The SMILES string of the molecule is CCC(CCNS(=O)(=O)C1CC1)CCC(=O)O. The molecule has 6 heteroatoms. The van der Waals surface area contributed by atoms with Crippen LogP contribution in [0.4, 0.5) is 0 Å². The Labute approximate surface area is 103 Å². The molecule has 1 rings (SSSR count). The van der Waals surface area contributed by atoms with Crippen LogP contribution in [0.3, 0.4) is 0 Å². The van der Waals surface area contributed by atoms with Gasteiger partial charge in [-0.1, -0.05) is 13.3 Å². The van der Waals surface area contributed by atoms with Gasteiger partial charge >= 0.3 is 5.97 Å². The third kappa shape index (κ3) is 5.50. The zero-order valence-corrected chi connectivity index (χ0v) is 11.0. The molecule has 0 spiro atoms. The maximum absolute atomic E-state index is 11.5. The molecule has 0 aromatic heterocycles. The molecular formula is C11H21NO4S. The predicted octanol–water partition coefficient (Wildman–Crippen LogP) is 1.35. The highest BCUT2D eigenvalue weighted by Crippen LogP contribution is 2.27. The lowest BCUT2D eigenvalue weighted by atomic mass is 9.97. The van der Waals surface area contributed by atoms with Crippen LogP contribution in [0.5, 0.6) is 0 Å². The number of carbonyl (C=O) groups is 1. The van der Waals surface area contributed by atoms with E-state index < -0.39 is 16.0 Å². The van der Waals surface area contributed by atoms with Gasteiger partial charge in [-0.2, -0.15) is 0 Å². The first-order valence-electron chi connectivity index (χ1n) is 6.16. The van der Waals surface area contributed by atoms with E-state index >= 15 is 0 Å². The van der Waals surface area contributed by atoms with E-state index in [-0.39, 0.29) is 17.6 Å². The standard InChI is InChI=1S/C11H21NO4S/c1-2-9(3-6-11(13)14)7-8-12-17(15,16)10-4-5-10/h9-10,12H,2-8H2,1H3,(H,13,14). The molecule has 1 aliphatic rings. The van der Waals surface area contributed by atoms with Crippen molar-refractivity contribution in [3.63, 3.8) is 0 Å². The molecule has 0 radical (unpaired) electrons. The highest BCUT2D eigenvalue weighted by Gasteiger charge is 2.35. The van der Waals surface area contributed by atoms with Crippen molar-refractivity contribution in [2.24, 2.45) is 5.92 Å². The topological polar surface area (TPSA) is 83.5 Å². The van der Waals surface area contributed by atoms with Crippen LogP contribution in [0.1, 0.15) is 45.4 Å². The van der Waals surface area contributed by atoms with E-state index in [1.54, 1.807) is 0 Å². The molecule has 0 bridgehead atoms. The van der Waals surface area contributed by atoms with Crippen molar-refractivity contribution >= 4 is 16.0 Å². The number of hydrogen-bond acceptors (Lipinski definition) is 3. The lowest BCUT2D eigenvalue weighted by molar-refractivity contribution is -0.137. The second-order valence-electron chi connectivity index (χ2n) is 4.63. The van der Waals surface area contributed by atoms with Crippen LogP contribution in [-0.4, -0.2) is 31.3 Å². The molecule has 0 aliphatic heterocycles. The van der Waals surface area contributed by atoms with Crippen LogP contribution in [0.15, 0.2) is 0 Å². The highest BCUT2D eigenvalue weighted by molar-refractivity contribution is 7.90. The van der Waals surface area contributed by atoms with Gasteiger partial charge in [0.05, 0.1) is 5.25 Å². The summed E-state index contributed by atoms with van der Waals surface area (Å²) < 4.78 is 25.6. The molecule has 100 valence electrons. The van der Waals surface area contributed by atoms with Crippen molar-refractivity contribution in [1.29, 1.82) is 0 Å². The van der Waals surface area contributed by atoms with Crippen LogP contribution in [-0.2, 0) is 14.8 Å². The van der Waals surface area contributed by atoms with E-state index in [0.717, 1.165) is 25.7 Å². The average molecular weight is 263 g/mol. The zero-order chi connectivity index (χ0) is 12.9. The molecule has 2 N–H and O–H groups in total. The van der Waals surface area contributed by atoms with Gasteiger partial charge in [-0.25, -0.2) is 13.1 Å². The Balaban J connectivity index is 2.20. The normalized spacial score (nSPS) is 17.9. The van der Waals surface area contributed by atoms with Crippen LogP contribution < -0.4 is 4.72 Å². The van der Waals surface area contributed by atoms with Gasteiger partial charge in [-0.05, 0) is 31.6 Å². The number of carboxylic acid groups (broad SMARTS) is 1. The fourth-order valence-electron chi connectivity index (χ4n) is 1.78. The Hall–Kier alpha value is -0.620. The lowest BCUT2D eigenvalue weighted by Crippen LogP contribution is -2.29. The minimum Gasteiger partial charge on any atom is -0.481 e. The molecule has 0 aromatic carbocycles. The van der Waals surface area contributed by atoms with Gasteiger partial charge in [0.15, 0.2) is 0 Å². The summed E-state index contributed by atoms with van der Waals surface area (Å²) in [5, 5.41) is 8.40. The summed E-state index contributed by atoms with van der Waals surface area (Å²) in [6, 6.07) is 0. The smallest absolute Gasteiger partial charge is 0.303 e. The van der Waals surface area contributed by atoms with E-state index in [2.05, 4.69) is 4.72 Å². The minimum atomic E-state index is -3.09. The van der Waals surface area contributed by atoms with Gasteiger partial charge in [0.1, 0.15) is 0 Å². The number of nitrogens with one attached hydrogen (secondary N) is 1. The van der Waals surface area contributed by atoms with Crippen molar-refractivity contribution in [1.82, 2.24) is 4.72 Å². The Morgan fingerprint density at radius 1 is 1.41 bits per heavy atom. The van der Waals surface area contributed by atoms with E-state index in [0.29, 0.717) is 13.0 Å². The number of hydrogen-bond donors (Lipinski definition) is 2. The maximum Gasteiger partial charge on any atom is 0.303 e. The summed E-state index contributed by atoms with van der Waals surface area (Å²) in [5.41, 5.74) is 0. The molecule has 1 atom stereocenters. The fraction of sp³-hybridized carbons (Fsp3) is 0.909.